The average molecular weight is 920 g/mol. The van der Waals surface area contributed by atoms with Gasteiger partial charge in [0.1, 0.15) is 79.3 Å². The number of nitrogens with one attached hydrogen (secondary N) is 3. The van der Waals surface area contributed by atoms with Crippen LogP contribution in [0.3, 0.4) is 0 Å². The highest BCUT2D eigenvalue weighted by Gasteiger charge is 2.57. The second kappa shape index (κ2) is 21.0. The minimum atomic E-state index is -2.24. The minimum absolute atomic E-state index is 0.135. The molecule has 358 valence electrons. The molecule has 5 heterocycles. The summed E-state index contributed by atoms with van der Waals surface area (Å²) < 4.78 is 50.9. The van der Waals surface area contributed by atoms with Crippen molar-refractivity contribution in [1.29, 1.82) is 0 Å². The van der Waals surface area contributed by atoms with Crippen LogP contribution >= 0.6 is 0 Å². The van der Waals surface area contributed by atoms with Gasteiger partial charge in [-0.3, -0.25) is 14.4 Å². The van der Waals surface area contributed by atoms with Crippen molar-refractivity contribution in [2.45, 2.75) is 150 Å². The van der Waals surface area contributed by atoms with Gasteiger partial charge in [-0.05, 0) is 30.1 Å². The van der Waals surface area contributed by atoms with E-state index in [2.05, 4.69) is 16.0 Å². The number of hydrogen-bond donors (Lipinski definition) is 13. The van der Waals surface area contributed by atoms with Crippen molar-refractivity contribution in [1.82, 2.24) is 10.6 Å². The number of amides is 3. The van der Waals surface area contributed by atoms with E-state index in [4.69, 9.17) is 42.5 Å². The van der Waals surface area contributed by atoms with Crippen LogP contribution in [0.2, 0.25) is 0 Å². The Bertz CT molecular complexity index is 1820. The molecule has 27 heteroatoms. The molecule has 4 fully saturated rings. The molecule has 0 saturated carbocycles. The Morgan fingerprint density at radius 2 is 1.23 bits per heavy atom. The van der Waals surface area contributed by atoms with Crippen molar-refractivity contribution >= 4 is 42.0 Å². The van der Waals surface area contributed by atoms with E-state index in [1.54, 1.807) is 6.07 Å². The highest BCUT2D eigenvalue weighted by atomic mass is 16.8. The molecule has 5 aliphatic rings. The molecule has 4 saturated heterocycles. The van der Waals surface area contributed by atoms with Crippen LogP contribution in [0.1, 0.15) is 26.3 Å². The predicted molar refractivity (Wildman–Crippen MR) is 206 cm³/mol. The third kappa shape index (κ3) is 10.4. The molecule has 1 aromatic rings. The number of aliphatic hydroxyl groups is 8. The monoisotopic (exact) mass is 919 g/mol. The normalized spacial score (nSPS) is 41.2. The van der Waals surface area contributed by atoms with Crippen molar-refractivity contribution in [3.63, 3.8) is 0 Å². The van der Waals surface area contributed by atoms with E-state index in [1.165, 1.54) is 19.1 Å². The van der Waals surface area contributed by atoms with E-state index < -0.39 is 167 Å². The molecule has 0 bridgehead atoms. The van der Waals surface area contributed by atoms with Crippen molar-refractivity contribution < 1.29 is 113 Å². The van der Waals surface area contributed by atoms with Gasteiger partial charge in [0, 0.05) is 26.6 Å². The van der Waals surface area contributed by atoms with Crippen LogP contribution in [0.4, 0.5) is 5.69 Å². The van der Waals surface area contributed by atoms with Crippen LogP contribution in [-0.4, -0.2) is 225 Å². The van der Waals surface area contributed by atoms with Gasteiger partial charge in [-0.25, -0.2) is 4.79 Å². The summed E-state index contributed by atoms with van der Waals surface area (Å²) in [4.78, 5) is 51.0. The second-order valence-electron chi connectivity index (χ2n) is 15.9. The summed E-state index contributed by atoms with van der Waals surface area (Å²) in [6.45, 7) is 2.11. The van der Waals surface area contributed by atoms with E-state index >= 15 is 0 Å². The number of aliphatic hydroxyl groups excluding tert-OH is 8. The summed E-state index contributed by atoms with van der Waals surface area (Å²) in [7, 11) is -0.120. The SMILES string of the molecule is CO[C@H]1C(O)C(O)[C@H](O[C@@H]2C(NC(C)=O)[C@H](O[C@H]3C(O)C(O)[C@H](O[C@@H]4C(NC(C)=O)[C@H](C)OC(CO)[C@H]4O)O[C@H]3C(=O)O)OC(CO)[C@H]2O)O[C@H]1C(=O)Nc1ccc2c(c1)B(O)OC2. The van der Waals surface area contributed by atoms with Crippen molar-refractivity contribution in [3.8, 4) is 0 Å². The molecule has 0 aromatic heterocycles. The van der Waals surface area contributed by atoms with Gasteiger partial charge >= 0.3 is 13.1 Å². The molecule has 26 nitrogen and oxygen atoms in total. The van der Waals surface area contributed by atoms with Crippen molar-refractivity contribution in [2.75, 3.05) is 25.6 Å². The van der Waals surface area contributed by atoms with Crippen molar-refractivity contribution in [2.24, 2.45) is 0 Å². The third-order valence-corrected chi connectivity index (χ3v) is 11.6. The number of methoxy groups -OCH3 is 1. The number of carboxylic acids is 1. The summed E-state index contributed by atoms with van der Waals surface area (Å²) in [5.41, 5.74) is 1.24. The van der Waals surface area contributed by atoms with Gasteiger partial charge in [0.05, 0.1) is 32.0 Å². The molecule has 20 atom stereocenters. The standard InChI is InChI=1S/C37H54BN3O23/c1-11-19(39-12(2)44)27(21(46)17(8-42)58-11)60-37-26(51)24(49)30(32(64-37)34(53)54)62-35-20(40-13(3)45)28(22(47)18(9-43)59-35)61-36-25(50)23(48)29(56-4)31(63-36)33(52)41-15-6-5-14-10-57-38(55)16(14)7-15/h5-7,11,17-32,35-37,42-43,46-51,55H,8-10H2,1-4H3,(H,39,44)(H,40,45)(H,41,52)(H,53,54)/t11-,17?,18?,19?,20?,21+,22+,23?,24?,25?,26?,27+,28+,29-,30-,31+,32+,35-,36+,37+/m0/s1. The number of carbonyl (C=O) groups excluding carboxylic acids is 3. The second-order valence-corrected chi connectivity index (χ2v) is 15.9. The smallest absolute Gasteiger partial charge is 0.479 e. The fourth-order valence-electron chi connectivity index (χ4n) is 8.31. The maximum Gasteiger partial charge on any atom is 0.491 e. The van der Waals surface area contributed by atoms with Gasteiger partial charge in [0.15, 0.2) is 31.1 Å². The number of carboxylic acid groups (broad SMARTS) is 1. The summed E-state index contributed by atoms with van der Waals surface area (Å²) in [6.07, 6.45) is -32.8. The zero-order valence-corrected chi connectivity index (χ0v) is 34.8. The van der Waals surface area contributed by atoms with Crippen LogP contribution in [0, 0.1) is 0 Å². The van der Waals surface area contributed by atoms with Gasteiger partial charge in [-0.15, -0.1) is 0 Å². The molecule has 64 heavy (non-hydrogen) atoms. The highest BCUT2D eigenvalue weighted by Crippen LogP contribution is 2.35. The summed E-state index contributed by atoms with van der Waals surface area (Å²) in [5.74, 6) is -4.15. The van der Waals surface area contributed by atoms with Crippen LogP contribution in [0.15, 0.2) is 18.2 Å². The Morgan fingerprint density at radius 1 is 0.703 bits per heavy atom. The van der Waals surface area contributed by atoms with Crippen molar-refractivity contribution in [3.05, 3.63) is 23.8 Å². The lowest BCUT2D eigenvalue weighted by atomic mass is 9.79. The van der Waals surface area contributed by atoms with Crippen LogP contribution in [0.5, 0.6) is 0 Å². The first-order chi connectivity index (χ1) is 30.3. The lowest BCUT2D eigenvalue weighted by molar-refractivity contribution is -0.366. The number of carbonyl (C=O) groups is 4. The quantitative estimate of drug-likeness (QED) is 0.0771. The molecule has 1 aromatic carbocycles. The Morgan fingerprint density at radius 3 is 1.80 bits per heavy atom. The zero-order valence-electron chi connectivity index (χ0n) is 34.8. The molecule has 3 amide bonds. The highest BCUT2D eigenvalue weighted by molar-refractivity contribution is 6.61. The lowest BCUT2D eigenvalue weighted by Crippen LogP contribution is -2.70. The van der Waals surface area contributed by atoms with Crippen LogP contribution in [0.25, 0.3) is 0 Å². The fraction of sp³-hybridized carbons (Fsp3) is 0.730. The molecule has 0 spiro atoms. The number of fused-ring (bicyclic) bond motifs is 1. The zero-order chi connectivity index (χ0) is 46.9. The number of hydrogen-bond acceptors (Lipinski definition) is 22. The van der Waals surface area contributed by atoms with Gasteiger partial charge in [-0.1, -0.05) is 6.07 Å². The molecule has 5 aliphatic heterocycles. The largest absolute Gasteiger partial charge is 0.491 e. The summed E-state index contributed by atoms with van der Waals surface area (Å²) in [6, 6.07) is 1.67. The molecule has 0 aliphatic carbocycles. The third-order valence-electron chi connectivity index (χ3n) is 11.6. The Hall–Kier alpha value is -3.56. The van der Waals surface area contributed by atoms with Gasteiger partial charge in [-0.2, -0.15) is 0 Å². The Balaban J connectivity index is 1.23. The predicted octanol–water partition coefficient (Wildman–Crippen LogP) is -7.78. The van der Waals surface area contributed by atoms with E-state index in [0.717, 1.165) is 21.0 Å². The number of benzene rings is 1. The van der Waals surface area contributed by atoms with Gasteiger partial charge < -0.3 is 109 Å². The number of rotatable bonds is 14. The average Bonchev–Trinajstić information content (AvgIpc) is 3.61. The summed E-state index contributed by atoms with van der Waals surface area (Å²) in [5, 5.41) is 115. The summed E-state index contributed by atoms with van der Waals surface area (Å²) >= 11 is 0. The minimum Gasteiger partial charge on any atom is -0.479 e. The molecule has 6 rings (SSSR count). The van der Waals surface area contributed by atoms with Crippen LogP contribution < -0.4 is 21.4 Å². The Labute approximate surface area is 364 Å². The Kier molecular flexibility index (Phi) is 16.3. The molecule has 0 radical (unpaired) electrons. The number of ether oxygens (including phenoxy) is 8. The first kappa shape index (κ1) is 49.9. The number of anilines is 1. The topological polar surface area (TPSA) is 390 Å². The molecular formula is C37H54BN3O23. The molecule has 8 unspecified atom stereocenters. The van der Waals surface area contributed by atoms with E-state index in [-0.39, 0.29) is 12.3 Å². The van der Waals surface area contributed by atoms with Crippen LogP contribution in [-0.2, 0) is 68.3 Å². The lowest BCUT2D eigenvalue weighted by Gasteiger charge is -2.50. The first-order valence-electron chi connectivity index (χ1n) is 20.2. The van der Waals surface area contributed by atoms with E-state index in [0.29, 0.717) is 11.0 Å². The molecular weight excluding hydrogens is 865 g/mol. The first-order valence-corrected chi connectivity index (χ1v) is 20.2. The molecule has 13 N–H and O–H groups in total. The maximum atomic E-state index is 13.7. The fourth-order valence-corrected chi connectivity index (χ4v) is 8.31. The maximum absolute atomic E-state index is 13.7. The number of aliphatic carboxylic acids is 1. The van der Waals surface area contributed by atoms with E-state index in [1.807, 2.05) is 0 Å². The van der Waals surface area contributed by atoms with Gasteiger partial charge in [0.25, 0.3) is 5.91 Å². The van der Waals surface area contributed by atoms with Gasteiger partial charge in [0.2, 0.25) is 11.8 Å². The van der Waals surface area contributed by atoms with E-state index in [9.17, 15) is 70.2 Å².